The van der Waals surface area contributed by atoms with Gasteiger partial charge >= 0.3 is 8.80 Å². The molecule has 3 unspecified atom stereocenters. The molecule has 0 N–H and O–H groups in total. The first-order chi connectivity index (χ1) is 9.62. The number of hydrogen-bond donors (Lipinski definition) is 0. The van der Waals surface area contributed by atoms with Gasteiger partial charge in [-0.25, -0.2) is 0 Å². The third-order valence-electron chi connectivity index (χ3n) is 5.30. The van der Waals surface area contributed by atoms with Crippen LogP contribution in [0.3, 0.4) is 0 Å². The van der Waals surface area contributed by atoms with Gasteiger partial charge in [0.2, 0.25) is 0 Å². The van der Waals surface area contributed by atoms with Crippen molar-refractivity contribution < 1.29 is 13.3 Å². The summed E-state index contributed by atoms with van der Waals surface area (Å²) in [4.78, 5) is 0. The Morgan fingerprint density at radius 2 is 1.70 bits per heavy atom. The summed E-state index contributed by atoms with van der Waals surface area (Å²) in [5, 5.41) is 0. The highest BCUT2D eigenvalue weighted by molar-refractivity contribution is 6.62. The second-order valence-corrected chi connectivity index (χ2v) is 9.56. The van der Waals surface area contributed by atoms with Crippen LogP contribution in [0.4, 0.5) is 0 Å². The van der Waals surface area contributed by atoms with Crippen molar-refractivity contribution in [3.05, 3.63) is 0 Å². The van der Waals surface area contributed by atoms with Gasteiger partial charge in [0.25, 0.3) is 0 Å². The average molecular weight is 301 g/mol. The summed E-state index contributed by atoms with van der Waals surface area (Å²) in [6, 6.07) is 0. The molecule has 0 aromatic heterocycles. The van der Waals surface area contributed by atoms with Gasteiger partial charge in [-0.2, -0.15) is 0 Å². The van der Waals surface area contributed by atoms with E-state index in [9.17, 15) is 0 Å². The fourth-order valence-electron chi connectivity index (χ4n) is 3.92. The first-order valence-electron chi connectivity index (χ1n) is 8.54. The van der Waals surface area contributed by atoms with Crippen LogP contribution in [-0.2, 0) is 13.3 Å². The van der Waals surface area contributed by atoms with Crippen molar-refractivity contribution in [2.45, 2.75) is 71.8 Å². The standard InChI is InChI=1S/C16H32O3Si/c1-5-17-20(18-6-2,19-7-3)14(4)9-8-11-16-12-10-15(16)13-16/h14-15H,5-13H2,1-4H3. The van der Waals surface area contributed by atoms with Crippen molar-refractivity contribution in [2.24, 2.45) is 11.3 Å². The van der Waals surface area contributed by atoms with Gasteiger partial charge in [-0.15, -0.1) is 0 Å². The Labute approximate surface area is 125 Å². The summed E-state index contributed by atoms with van der Waals surface area (Å²) in [7, 11) is -2.47. The van der Waals surface area contributed by atoms with E-state index in [1.54, 1.807) is 0 Å². The van der Waals surface area contributed by atoms with Gasteiger partial charge in [0.15, 0.2) is 0 Å². The lowest BCUT2D eigenvalue weighted by Crippen LogP contribution is -2.49. The summed E-state index contributed by atoms with van der Waals surface area (Å²) >= 11 is 0. The van der Waals surface area contributed by atoms with Crippen molar-refractivity contribution in [1.29, 1.82) is 0 Å². The Morgan fingerprint density at radius 1 is 1.10 bits per heavy atom. The van der Waals surface area contributed by atoms with E-state index in [2.05, 4.69) is 6.92 Å². The summed E-state index contributed by atoms with van der Waals surface area (Å²) < 4.78 is 18.0. The van der Waals surface area contributed by atoms with E-state index in [0.29, 0.717) is 25.4 Å². The average Bonchev–Trinajstić information content (AvgIpc) is 2.92. The lowest BCUT2D eigenvalue weighted by molar-refractivity contribution is 0.0608. The minimum atomic E-state index is -2.47. The molecular weight excluding hydrogens is 268 g/mol. The van der Waals surface area contributed by atoms with E-state index in [-0.39, 0.29) is 0 Å². The molecule has 4 heteroatoms. The summed E-state index contributed by atoms with van der Waals surface area (Å²) in [5.41, 5.74) is 1.20. The zero-order valence-electron chi connectivity index (χ0n) is 13.7. The molecule has 0 radical (unpaired) electrons. The molecule has 3 nitrogen and oxygen atoms in total. The second kappa shape index (κ2) is 6.90. The summed E-state index contributed by atoms with van der Waals surface area (Å²) in [5.74, 6) is 1.09. The molecule has 0 bridgehead atoms. The van der Waals surface area contributed by atoms with Crippen LogP contribution < -0.4 is 0 Å². The molecule has 3 atom stereocenters. The molecule has 0 heterocycles. The predicted octanol–water partition coefficient (Wildman–Crippen LogP) is 4.40. The highest BCUT2D eigenvalue weighted by Gasteiger charge is 2.59. The monoisotopic (exact) mass is 300 g/mol. The highest BCUT2D eigenvalue weighted by atomic mass is 28.4. The van der Waals surface area contributed by atoms with Crippen LogP contribution in [0.2, 0.25) is 5.54 Å². The van der Waals surface area contributed by atoms with E-state index < -0.39 is 8.80 Å². The second-order valence-electron chi connectivity index (χ2n) is 6.50. The maximum absolute atomic E-state index is 6.00. The molecule has 0 amide bonds. The Hall–Kier alpha value is 0.0969. The van der Waals surface area contributed by atoms with Gasteiger partial charge in [-0.1, -0.05) is 13.3 Å². The van der Waals surface area contributed by atoms with E-state index >= 15 is 0 Å². The minimum Gasteiger partial charge on any atom is -0.374 e. The molecule has 20 heavy (non-hydrogen) atoms. The molecule has 0 aromatic rings. The molecule has 2 fully saturated rings. The van der Waals surface area contributed by atoms with Crippen LogP contribution in [-0.4, -0.2) is 28.6 Å². The van der Waals surface area contributed by atoms with E-state index in [1.165, 1.54) is 38.5 Å². The fraction of sp³-hybridized carbons (Fsp3) is 1.00. The van der Waals surface area contributed by atoms with E-state index in [1.807, 2.05) is 20.8 Å². The first-order valence-corrected chi connectivity index (χ1v) is 10.3. The van der Waals surface area contributed by atoms with E-state index in [0.717, 1.165) is 11.3 Å². The third-order valence-corrected chi connectivity index (χ3v) is 8.87. The molecule has 118 valence electrons. The molecule has 2 rings (SSSR count). The van der Waals surface area contributed by atoms with Crippen LogP contribution in [0.5, 0.6) is 0 Å². The molecule has 0 spiro atoms. The Balaban J connectivity index is 1.81. The summed E-state index contributed by atoms with van der Waals surface area (Å²) in [6.07, 6.45) is 8.38. The molecule has 2 aliphatic rings. The summed E-state index contributed by atoms with van der Waals surface area (Å²) in [6.45, 7) is 10.4. The van der Waals surface area contributed by atoms with Crippen molar-refractivity contribution >= 4 is 8.80 Å². The quantitative estimate of drug-likeness (QED) is 0.529. The number of rotatable bonds is 11. The van der Waals surface area contributed by atoms with Crippen LogP contribution in [0.15, 0.2) is 0 Å². The van der Waals surface area contributed by atoms with Crippen molar-refractivity contribution in [3.63, 3.8) is 0 Å². The Kier molecular flexibility index (Phi) is 5.68. The van der Waals surface area contributed by atoms with Gasteiger partial charge < -0.3 is 13.3 Å². The molecule has 0 saturated heterocycles. The fourth-order valence-corrected chi connectivity index (χ4v) is 6.78. The third kappa shape index (κ3) is 3.29. The lowest BCUT2D eigenvalue weighted by Gasteiger charge is -2.34. The van der Waals surface area contributed by atoms with E-state index in [4.69, 9.17) is 13.3 Å². The molecule has 2 saturated carbocycles. The van der Waals surface area contributed by atoms with Gasteiger partial charge in [0, 0.05) is 25.4 Å². The smallest absolute Gasteiger partial charge is 0.374 e. The maximum atomic E-state index is 6.00. The van der Waals surface area contributed by atoms with Crippen LogP contribution in [0.25, 0.3) is 0 Å². The largest absolute Gasteiger partial charge is 0.503 e. The maximum Gasteiger partial charge on any atom is 0.503 e. The topological polar surface area (TPSA) is 27.7 Å². The Bertz CT molecular complexity index is 289. The lowest BCUT2D eigenvalue weighted by atomic mass is 9.81. The van der Waals surface area contributed by atoms with Gasteiger partial charge in [0.1, 0.15) is 0 Å². The van der Waals surface area contributed by atoms with Crippen LogP contribution in [0, 0.1) is 11.3 Å². The highest BCUT2D eigenvalue weighted by Crippen LogP contribution is 2.70. The first kappa shape index (κ1) is 16.5. The van der Waals surface area contributed by atoms with Gasteiger partial charge in [-0.3, -0.25) is 0 Å². The van der Waals surface area contributed by atoms with Crippen molar-refractivity contribution in [3.8, 4) is 0 Å². The molecular formula is C16H32O3Si. The minimum absolute atomic E-state index is 0.413. The van der Waals surface area contributed by atoms with Gasteiger partial charge in [-0.05, 0) is 64.2 Å². The number of hydrogen-bond acceptors (Lipinski definition) is 3. The molecule has 0 aliphatic heterocycles. The predicted molar refractivity (Wildman–Crippen MR) is 83.7 cm³/mol. The van der Waals surface area contributed by atoms with Gasteiger partial charge in [0.05, 0.1) is 0 Å². The van der Waals surface area contributed by atoms with Crippen LogP contribution in [0.1, 0.15) is 66.2 Å². The van der Waals surface area contributed by atoms with Crippen LogP contribution >= 0.6 is 0 Å². The van der Waals surface area contributed by atoms with Crippen molar-refractivity contribution in [2.75, 3.05) is 19.8 Å². The normalized spacial score (nSPS) is 29.7. The SMILES string of the molecule is CCO[Si](OCC)(OCC)C(C)CCCC12CCC1C2. The number of fused-ring (bicyclic) bond motifs is 1. The zero-order valence-corrected chi connectivity index (χ0v) is 14.7. The molecule has 0 aromatic carbocycles. The van der Waals surface area contributed by atoms with Crippen molar-refractivity contribution in [1.82, 2.24) is 0 Å². The zero-order chi connectivity index (χ0) is 14.6. The Morgan fingerprint density at radius 3 is 2.05 bits per heavy atom. The molecule has 2 aliphatic carbocycles.